The molecule has 0 spiro atoms. The van der Waals surface area contributed by atoms with Crippen molar-refractivity contribution < 1.29 is 26.7 Å². The number of nitrogens with zero attached hydrogens (tertiary/aromatic N) is 2. The Morgan fingerprint density at radius 3 is 2.03 bits per heavy atom. The van der Waals surface area contributed by atoms with Gasteiger partial charge in [-0.15, -0.1) is 0 Å². The van der Waals surface area contributed by atoms with E-state index in [4.69, 9.17) is 12.2 Å². The van der Waals surface area contributed by atoms with Crippen molar-refractivity contribution in [3.05, 3.63) is 64.5 Å². The highest BCUT2D eigenvalue weighted by atomic mass is 32.1. The molecule has 29 heavy (non-hydrogen) atoms. The molecule has 1 heterocycles. The molecule has 1 N–H and O–H groups in total. The Balaban J connectivity index is 1.67. The van der Waals surface area contributed by atoms with Crippen LogP contribution in [0.3, 0.4) is 0 Å². The van der Waals surface area contributed by atoms with Crippen LogP contribution in [-0.2, 0) is 0 Å². The second-order valence-electron chi connectivity index (χ2n) is 6.52. The van der Waals surface area contributed by atoms with Gasteiger partial charge in [0.05, 0.1) is 0 Å². The molecule has 3 rings (SSSR count). The Labute approximate surface area is 168 Å². The van der Waals surface area contributed by atoms with Crippen molar-refractivity contribution in [2.24, 2.45) is 0 Å². The molecule has 1 saturated heterocycles. The molecule has 1 amide bonds. The van der Waals surface area contributed by atoms with E-state index >= 15 is 0 Å². The number of nitrogens with one attached hydrogen (secondary N) is 1. The Morgan fingerprint density at radius 2 is 1.48 bits per heavy atom. The highest BCUT2D eigenvalue weighted by Gasteiger charge is 2.31. The minimum absolute atomic E-state index is 0.0428. The molecule has 0 bridgehead atoms. The van der Waals surface area contributed by atoms with Crippen LogP contribution in [0.15, 0.2) is 24.3 Å². The van der Waals surface area contributed by atoms with Crippen LogP contribution in [0.5, 0.6) is 0 Å². The molecule has 1 aliphatic heterocycles. The van der Waals surface area contributed by atoms with E-state index in [1.807, 2.05) is 13.0 Å². The molecule has 0 aliphatic carbocycles. The van der Waals surface area contributed by atoms with E-state index in [2.05, 4.69) is 5.32 Å². The van der Waals surface area contributed by atoms with Gasteiger partial charge in [0.2, 0.25) is 5.82 Å². The summed E-state index contributed by atoms with van der Waals surface area (Å²) in [6, 6.07) is 6.90. The molecule has 2 aromatic rings. The van der Waals surface area contributed by atoms with Gasteiger partial charge in [-0.3, -0.25) is 10.1 Å². The van der Waals surface area contributed by atoms with Crippen molar-refractivity contribution in [3.8, 4) is 0 Å². The van der Waals surface area contributed by atoms with Gasteiger partial charge in [-0.25, -0.2) is 22.0 Å². The van der Waals surface area contributed by atoms with Gasteiger partial charge in [0.1, 0.15) is 5.69 Å². The van der Waals surface area contributed by atoms with E-state index in [9.17, 15) is 26.7 Å². The maximum absolute atomic E-state index is 14.0. The predicted molar refractivity (Wildman–Crippen MR) is 101 cm³/mol. The zero-order valence-corrected chi connectivity index (χ0v) is 16.1. The summed E-state index contributed by atoms with van der Waals surface area (Å²) < 4.78 is 68.0. The van der Waals surface area contributed by atoms with E-state index in [0.29, 0.717) is 5.56 Å². The molecule has 1 aliphatic rings. The van der Waals surface area contributed by atoms with Gasteiger partial charge in [-0.1, -0.05) is 17.7 Å². The number of amides is 1. The van der Waals surface area contributed by atoms with Gasteiger partial charge in [-0.05, 0) is 31.3 Å². The number of benzene rings is 2. The number of piperazine rings is 1. The smallest absolute Gasteiger partial charge is 0.257 e. The minimum Gasteiger partial charge on any atom is -0.363 e. The maximum Gasteiger partial charge on any atom is 0.257 e. The Bertz CT molecular complexity index is 948. The number of aryl methyl sites for hydroxylation is 1. The summed E-state index contributed by atoms with van der Waals surface area (Å²) in [4.78, 5) is 14.9. The number of anilines is 1. The number of rotatable bonds is 2. The molecule has 0 atom stereocenters. The second kappa shape index (κ2) is 8.32. The summed E-state index contributed by atoms with van der Waals surface area (Å²) in [6.45, 7) is 2.02. The number of halogens is 5. The van der Waals surface area contributed by atoms with Crippen LogP contribution >= 0.6 is 12.2 Å². The fourth-order valence-corrected chi connectivity index (χ4v) is 3.31. The predicted octanol–water partition coefficient (Wildman–Crippen LogP) is 3.53. The van der Waals surface area contributed by atoms with Gasteiger partial charge < -0.3 is 9.80 Å². The van der Waals surface area contributed by atoms with Crippen LogP contribution in [0.4, 0.5) is 27.6 Å². The van der Waals surface area contributed by atoms with Crippen molar-refractivity contribution in [2.75, 3.05) is 31.1 Å². The lowest BCUT2D eigenvalue weighted by Crippen LogP contribution is -2.53. The van der Waals surface area contributed by atoms with Crippen molar-refractivity contribution in [1.82, 2.24) is 10.2 Å². The number of hydrogen-bond donors (Lipinski definition) is 1. The van der Waals surface area contributed by atoms with Crippen LogP contribution in [0.1, 0.15) is 15.9 Å². The fourth-order valence-electron chi connectivity index (χ4n) is 3.04. The molecule has 4 nitrogen and oxygen atoms in total. The third-order valence-corrected chi connectivity index (χ3v) is 4.93. The number of thiocarbonyl (C=S) groups is 1. The lowest BCUT2D eigenvalue weighted by Gasteiger charge is -2.37. The SMILES string of the molecule is Cc1cccc(C(=O)NC(=S)N2CCN(c3c(F)c(F)c(F)c(F)c3F)CC2)c1. The monoisotopic (exact) mass is 429 g/mol. The average molecular weight is 429 g/mol. The Kier molecular flexibility index (Phi) is 6.02. The molecule has 1 fully saturated rings. The molecule has 10 heteroatoms. The zero-order chi connectivity index (χ0) is 21.3. The maximum atomic E-state index is 14.0. The summed E-state index contributed by atoms with van der Waals surface area (Å²) in [5.41, 5.74) is 0.364. The first-order valence-corrected chi connectivity index (χ1v) is 9.04. The Hall–Kier alpha value is -2.75. The van der Waals surface area contributed by atoms with Gasteiger partial charge in [0.25, 0.3) is 5.91 Å². The van der Waals surface area contributed by atoms with Crippen molar-refractivity contribution in [1.29, 1.82) is 0 Å². The Morgan fingerprint density at radius 1 is 0.931 bits per heavy atom. The van der Waals surface area contributed by atoms with Crippen LogP contribution in [0, 0.1) is 36.0 Å². The summed E-state index contributed by atoms with van der Waals surface area (Å²) in [5, 5.41) is 2.70. The average Bonchev–Trinajstić information content (AvgIpc) is 2.71. The first-order chi connectivity index (χ1) is 13.7. The summed E-state index contributed by atoms with van der Waals surface area (Å²) in [7, 11) is 0. The number of carbonyl (C=O) groups excluding carboxylic acids is 1. The summed E-state index contributed by atoms with van der Waals surface area (Å²) in [6.07, 6.45) is 0. The number of carbonyl (C=O) groups is 1. The van der Waals surface area contributed by atoms with Crippen LogP contribution < -0.4 is 10.2 Å². The molecular weight excluding hydrogens is 413 g/mol. The summed E-state index contributed by atoms with van der Waals surface area (Å²) >= 11 is 5.21. The lowest BCUT2D eigenvalue weighted by molar-refractivity contribution is 0.0973. The fraction of sp³-hybridized carbons (Fsp3) is 0.263. The lowest BCUT2D eigenvalue weighted by atomic mass is 10.1. The van der Waals surface area contributed by atoms with Crippen molar-refractivity contribution in [2.45, 2.75) is 6.92 Å². The quantitative estimate of drug-likeness (QED) is 0.343. The van der Waals surface area contributed by atoms with E-state index in [1.165, 1.54) is 0 Å². The molecular formula is C19H16F5N3OS. The topological polar surface area (TPSA) is 35.6 Å². The highest BCUT2D eigenvalue weighted by Crippen LogP contribution is 2.30. The van der Waals surface area contributed by atoms with Crippen molar-refractivity contribution in [3.63, 3.8) is 0 Å². The standard InChI is InChI=1S/C19H16F5N3OS/c1-10-3-2-4-11(9-10)18(28)25-19(29)27-7-5-26(6-8-27)17-15(23)13(21)12(20)14(22)16(17)24/h2-4,9H,5-8H2,1H3,(H,25,28,29). The normalized spacial score (nSPS) is 14.1. The number of hydrogen-bond acceptors (Lipinski definition) is 3. The third-order valence-electron chi connectivity index (χ3n) is 4.57. The minimum atomic E-state index is -2.19. The van der Waals surface area contributed by atoms with Gasteiger partial charge in [0.15, 0.2) is 28.4 Å². The van der Waals surface area contributed by atoms with E-state index in [0.717, 1.165) is 10.5 Å². The molecule has 0 aromatic heterocycles. The first kappa shape index (κ1) is 21.0. The zero-order valence-electron chi connectivity index (χ0n) is 15.2. The second-order valence-corrected chi connectivity index (χ2v) is 6.91. The van der Waals surface area contributed by atoms with E-state index < -0.39 is 40.7 Å². The third kappa shape index (κ3) is 4.16. The largest absolute Gasteiger partial charge is 0.363 e. The summed E-state index contributed by atoms with van der Waals surface area (Å²) in [5.74, 6) is -10.3. The van der Waals surface area contributed by atoms with Gasteiger partial charge in [0, 0.05) is 31.7 Å². The highest BCUT2D eigenvalue weighted by molar-refractivity contribution is 7.80. The molecule has 154 valence electrons. The molecule has 2 aromatic carbocycles. The molecule has 0 radical (unpaired) electrons. The van der Waals surface area contributed by atoms with E-state index in [-0.39, 0.29) is 31.3 Å². The van der Waals surface area contributed by atoms with Gasteiger partial charge in [-0.2, -0.15) is 0 Å². The van der Waals surface area contributed by atoms with Crippen LogP contribution in [0.25, 0.3) is 0 Å². The first-order valence-electron chi connectivity index (χ1n) is 8.64. The van der Waals surface area contributed by atoms with Gasteiger partial charge >= 0.3 is 0 Å². The molecule has 0 unspecified atom stereocenters. The van der Waals surface area contributed by atoms with E-state index in [1.54, 1.807) is 23.1 Å². The van der Waals surface area contributed by atoms with Crippen LogP contribution in [-0.4, -0.2) is 42.1 Å². The molecule has 0 saturated carbocycles. The van der Waals surface area contributed by atoms with Crippen LogP contribution in [0.2, 0.25) is 0 Å². The van der Waals surface area contributed by atoms with Crippen molar-refractivity contribution >= 4 is 28.9 Å².